The highest BCUT2D eigenvalue weighted by Crippen LogP contribution is 2.35. The van der Waals surface area contributed by atoms with Crippen molar-refractivity contribution in [2.75, 3.05) is 11.1 Å². The molecule has 5 nitrogen and oxygen atoms in total. The van der Waals surface area contributed by atoms with Crippen LogP contribution in [0.1, 0.15) is 17.9 Å². The Morgan fingerprint density at radius 2 is 1.96 bits per heavy atom. The standard InChI is InChI=1S/C20H15F2N3O2S/c21-13-6-4-12(5-7-13)16-9-18(26)25-20(17(16)10-23)28-11-19(27)24-15-3-1-2-14(22)8-15/h1-8,16H,9,11H2,(H,24,27)(H,25,26). The van der Waals surface area contributed by atoms with Gasteiger partial charge in [-0.05, 0) is 35.9 Å². The number of carbonyl (C=O) groups is 2. The molecule has 1 atom stereocenters. The maximum absolute atomic E-state index is 13.2. The third-order valence-corrected chi connectivity index (χ3v) is 5.10. The molecule has 0 saturated heterocycles. The highest BCUT2D eigenvalue weighted by Gasteiger charge is 2.29. The average Bonchev–Trinajstić information content (AvgIpc) is 2.66. The molecule has 0 aromatic heterocycles. The number of hydrogen-bond acceptors (Lipinski definition) is 4. The minimum absolute atomic E-state index is 0.0636. The summed E-state index contributed by atoms with van der Waals surface area (Å²) < 4.78 is 26.4. The first-order valence-corrected chi connectivity index (χ1v) is 9.32. The normalized spacial score (nSPS) is 16.3. The third-order valence-electron chi connectivity index (χ3n) is 4.08. The van der Waals surface area contributed by atoms with Crippen LogP contribution in [0.25, 0.3) is 0 Å². The number of nitriles is 1. The number of halogens is 2. The predicted octanol–water partition coefficient (Wildman–Crippen LogP) is 3.68. The van der Waals surface area contributed by atoms with E-state index in [-0.39, 0.29) is 18.1 Å². The Labute approximate surface area is 164 Å². The van der Waals surface area contributed by atoms with E-state index in [0.717, 1.165) is 11.8 Å². The molecule has 3 rings (SSSR count). The fraction of sp³-hybridized carbons (Fsp3) is 0.150. The number of nitrogens with one attached hydrogen (secondary N) is 2. The van der Waals surface area contributed by atoms with Crippen LogP contribution in [0, 0.1) is 23.0 Å². The minimum Gasteiger partial charge on any atom is -0.325 e. The van der Waals surface area contributed by atoms with E-state index in [1.165, 1.54) is 42.5 Å². The summed E-state index contributed by atoms with van der Waals surface area (Å²) in [6.45, 7) is 0. The van der Waals surface area contributed by atoms with Crippen molar-refractivity contribution in [3.05, 3.63) is 76.3 Å². The second kappa shape index (κ2) is 8.67. The molecule has 0 radical (unpaired) electrons. The molecular formula is C20H15F2N3O2S. The summed E-state index contributed by atoms with van der Waals surface area (Å²) >= 11 is 1.01. The van der Waals surface area contributed by atoms with E-state index in [9.17, 15) is 23.6 Å². The van der Waals surface area contributed by atoms with Crippen molar-refractivity contribution >= 4 is 29.3 Å². The first kappa shape index (κ1) is 19.6. The predicted molar refractivity (Wildman–Crippen MR) is 102 cm³/mol. The Bertz CT molecular complexity index is 984. The van der Waals surface area contributed by atoms with Gasteiger partial charge < -0.3 is 10.6 Å². The van der Waals surface area contributed by atoms with Gasteiger partial charge in [0.15, 0.2) is 0 Å². The lowest BCUT2D eigenvalue weighted by Crippen LogP contribution is -2.31. The van der Waals surface area contributed by atoms with Crippen LogP contribution < -0.4 is 10.6 Å². The van der Waals surface area contributed by atoms with Gasteiger partial charge in [0.25, 0.3) is 0 Å². The van der Waals surface area contributed by atoms with Crippen LogP contribution in [0.15, 0.2) is 59.1 Å². The fourth-order valence-electron chi connectivity index (χ4n) is 2.81. The van der Waals surface area contributed by atoms with Gasteiger partial charge in [-0.3, -0.25) is 9.59 Å². The lowest BCUT2D eigenvalue weighted by molar-refractivity contribution is -0.121. The second-order valence-electron chi connectivity index (χ2n) is 6.06. The third kappa shape index (κ3) is 4.75. The number of rotatable bonds is 5. The van der Waals surface area contributed by atoms with Gasteiger partial charge in [-0.1, -0.05) is 30.0 Å². The molecule has 8 heteroatoms. The van der Waals surface area contributed by atoms with Crippen LogP contribution >= 0.6 is 11.8 Å². The van der Waals surface area contributed by atoms with E-state index < -0.39 is 23.5 Å². The highest BCUT2D eigenvalue weighted by atomic mass is 32.2. The molecule has 28 heavy (non-hydrogen) atoms. The monoisotopic (exact) mass is 399 g/mol. The van der Waals surface area contributed by atoms with Crippen molar-refractivity contribution in [1.29, 1.82) is 5.26 Å². The first-order chi connectivity index (χ1) is 13.5. The highest BCUT2D eigenvalue weighted by molar-refractivity contribution is 8.03. The number of nitrogens with zero attached hydrogens (tertiary/aromatic N) is 1. The Balaban J connectivity index is 1.74. The number of allylic oxidation sites excluding steroid dienone is 1. The molecule has 2 N–H and O–H groups in total. The van der Waals surface area contributed by atoms with Crippen molar-refractivity contribution in [1.82, 2.24) is 5.32 Å². The molecule has 2 aromatic carbocycles. The first-order valence-electron chi connectivity index (χ1n) is 8.34. The zero-order valence-electron chi connectivity index (χ0n) is 14.5. The fourth-order valence-corrected chi connectivity index (χ4v) is 3.69. The van der Waals surface area contributed by atoms with Crippen LogP contribution in [0.4, 0.5) is 14.5 Å². The average molecular weight is 399 g/mol. The number of carbonyl (C=O) groups excluding carboxylic acids is 2. The maximum Gasteiger partial charge on any atom is 0.234 e. The molecule has 1 unspecified atom stereocenters. The van der Waals surface area contributed by atoms with E-state index in [2.05, 4.69) is 16.7 Å². The second-order valence-corrected chi connectivity index (χ2v) is 7.04. The van der Waals surface area contributed by atoms with Crippen molar-refractivity contribution in [3.8, 4) is 6.07 Å². The zero-order valence-corrected chi connectivity index (χ0v) is 15.4. The smallest absolute Gasteiger partial charge is 0.234 e. The van der Waals surface area contributed by atoms with Gasteiger partial charge in [-0.2, -0.15) is 5.26 Å². The van der Waals surface area contributed by atoms with Crippen LogP contribution in [0.2, 0.25) is 0 Å². The van der Waals surface area contributed by atoms with Gasteiger partial charge in [0.05, 0.1) is 22.4 Å². The number of hydrogen-bond donors (Lipinski definition) is 2. The summed E-state index contributed by atoms with van der Waals surface area (Å²) in [5.74, 6) is -2.15. The zero-order chi connectivity index (χ0) is 20.1. The van der Waals surface area contributed by atoms with Gasteiger partial charge in [0.2, 0.25) is 11.8 Å². The van der Waals surface area contributed by atoms with E-state index in [4.69, 9.17) is 0 Å². The van der Waals surface area contributed by atoms with Gasteiger partial charge >= 0.3 is 0 Å². The van der Waals surface area contributed by atoms with E-state index in [0.29, 0.717) is 21.9 Å². The van der Waals surface area contributed by atoms with E-state index in [1.54, 1.807) is 6.07 Å². The van der Waals surface area contributed by atoms with Crippen molar-refractivity contribution < 1.29 is 18.4 Å². The quantitative estimate of drug-likeness (QED) is 0.804. The molecule has 2 amide bonds. The summed E-state index contributed by atoms with van der Waals surface area (Å²) in [4.78, 5) is 24.2. The van der Waals surface area contributed by atoms with Crippen molar-refractivity contribution in [2.45, 2.75) is 12.3 Å². The number of amides is 2. The molecule has 1 aliphatic heterocycles. The molecule has 142 valence electrons. The SMILES string of the molecule is N#CC1=C(SCC(=O)Nc2cccc(F)c2)NC(=O)CC1c1ccc(F)cc1. The van der Waals surface area contributed by atoms with E-state index in [1.807, 2.05) is 0 Å². The van der Waals surface area contributed by atoms with Gasteiger partial charge in [0.1, 0.15) is 11.6 Å². The molecule has 1 aliphatic rings. The molecule has 2 aromatic rings. The van der Waals surface area contributed by atoms with Gasteiger partial charge in [0, 0.05) is 18.0 Å². The molecule has 0 bridgehead atoms. The van der Waals surface area contributed by atoms with Crippen LogP contribution in [-0.2, 0) is 9.59 Å². The Hall–Kier alpha value is -3.18. The lowest BCUT2D eigenvalue weighted by atomic mass is 9.87. The summed E-state index contributed by atoms with van der Waals surface area (Å²) in [6, 6.07) is 13.2. The molecule has 0 saturated carbocycles. The van der Waals surface area contributed by atoms with Crippen LogP contribution in [0.3, 0.4) is 0 Å². The number of benzene rings is 2. The van der Waals surface area contributed by atoms with Gasteiger partial charge in [-0.25, -0.2) is 8.78 Å². The maximum atomic E-state index is 13.2. The minimum atomic E-state index is -0.506. The molecule has 0 spiro atoms. The van der Waals surface area contributed by atoms with E-state index >= 15 is 0 Å². The van der Waals surface area contributed by atoms with Crippen LogP contribution in [-0.4, -0.2) is 17.6 Å². The molecular weight excluding hydrogens is 384 g/mol. The topological polar surface area (TPSA) is 82.0 Å². The summed E-state index contributed by atoms with van der Waals surface area (Å²) in [5, 5.41) is 15.0. The summed E-state index contributed by atoms with van der Waals surface area (Å²) in [5.41, 5.74) is 1.28. The summed E-state index contributed by atoms with van der Waals surface area (Å²) in [7, 11) is 0. The molecule has 0 fully saturated rings. The largest absolute Gasteiger partial charge is 0.325 e. The van der Waals surface area contributed by atoms with Gasteiger partial charge in [-0.15, -0.1) is 0 Å². The van der Waals surface area contributed by atoms with Crippen LogP contribution in [0.5, 0.6) is 0 Å². The number of thioether (sulfide) groups is 1. The Morgan fingerprint density at radius 1 is 1.21 bits per heavy atom. The molecule has 0 aliphatic carbocycles. The Kier molecular flexibility index (Phi) is 6.06. The number of anilines is 1. The lowest BCUT2D eigenvalue weighted by Gasteiger charge is -2.25. The van der Waals surface area contributed by atoms with Crippen molar-refractivity contribution in [3.63, 3.8) is 0 Å². The van der Waals surface area contributed by atoms with Crippen molar-refractivity contribution in [2.24, 2.45) is 0 Å². The Morgan fingerprint density at radius 3 is 2.64 bits per heavy atom. The summed E-state index contributed by atoms with van der Waals surface area (Å²) in [6.07, 6.45) is 0.0636. The molecule has 1 heterocycles.